The van der Waals surface area contributed by atoms with Crippen molar-refractivity contribution in [3.05, 3.63) is 53.6 Å². The van der Waals surface area contributed by atoms with Crippen LogP contribution in [-0.2, 0) is 6.54 Å². The lowest BCUT2D eigenvalue weighted by Gasteiger charge is -2.17. The molecule has 1 aromatic heterocycles. The molecule has 0 spiro atoms. The quantitative estimate of drug-likeness (QED) is 0.894. The number of aromatic nitrogens is 2. The smallest absolute Gasteiger partial charge is 0.125 e. The Labute approximate surface area is 113 Å². The van der Waals surface area contributed by atoms with E-state index in [9.17, 15) is 0 Å². The lowest BCUT2D eigenvalue weighted by atomic mass is 10.1. The molecule has 1 N–H and O–H groups in total. The summed E-state index contributed by atoms with van der Waals surface area (Å²) in [5.41, 5.74) is 2.14. The molecule has 100 valence electrons. The van der Waals surface area contributed by atoms with Gasteiger partial charge in [0.25, 0.3) is 0 Å². The molecule has 2 rings (SSSR count). The summed E-state index contributed by atoms with van der Waals surface area (Å²) in [4.78, 5) is 8.47. The van der Waals surface area contributed by atoms with Crippen molar-refractivity contribution in [1.29, 1.82) is 0 Å². The van der Waals surface area contributed by atoms with Crippen molar-refractivity contribution in [1.82, 2.24) is 15.3 Å². The minimum absolute atomic E-state index is 0.200. The maximum absolute atomic E-state index is 5.37. The van der Waals surface area contributed by atoms with Crippen LogP contribution >= 0.6 is 0 Å². The first kappa shape index (κ1) is 13.5. The summed E-state index contributed by atoms with van der Waals surface area (Å²) in [5.74, 6) is 1.70. The first-order chi connectivity index (χ1) is 9.20. The van der Waals surface area contributed by atoms with Crippen LogP contribution < -0.4 is 10.1 Å². The third kappa shape index (κ3) is 3.51. The summed E-state index contributed by atoms with van der Waals surface area (Å²) in [6.07, 6.45) is 1.78. The van der Waals surface area contributed by atoms with Crippen molar-refractivity contribution in [3.63, 3.8) is 0 Å². The Kier molecular flexibility index (Phi) is 4.47. The summed E-state index contributed by atoms with van der Waals surface area (Å²) in [7, 11) is 1.69. The van der Waals surface area contributed by atoms with Gasteiger partial charge >= 0.3 is 0 Å². The van der Waals surface area contributed by atoms with Gasteiger partial charge in [-0.3, -0.25) is 0 Å². The average molecular weight is 257 g/mol. The highest BCUT2D eigenvalue weighted by atomic mass is 16.5. The van der Waals surface area contributed by atoms with Crippen LogP contribution in [0.15, 0.2) is 36.5 Å². The van der Waals surface area contributed by atoms with E-state index in [4.69, 9.17) is 4.74 Å². The third-order valence-corrected chi connectivity index (χ3v) is 3.03. The van der Waals surface area contributed by atoms with E-state index in [-0.39, 0.29) is 6.04 Å². The molecule has 0 amide bonds. The Morgan fingerprint density at radius 3 is 2.79 bits per heavy atom. The predicted octanol–water partition coefficient (Wildman–Crippen LogP) is 2.64. The topological polar surface area (TPSA) is 47.0 Å². The van der Waals surface area contributed by atoms with E-state index >= 15 is 0 Å². The van der Waals surface area contributed by atoms with E-state index in [1.165, 1.54) is 0 Å². The van der Waals surface area contributed by atoms with Gasteiger partial charge in [0.05, 0.1) is 12.8 Å². The summed E-state index contributed by atoms with van der Waals surface area (Å²) >= 11 is 0. The SMILES string of the molecule is COc1ccccc1[C@@H](C)NCc1ccnc(C)n1. The third-order valence-electron chi connectivity index (χ3n) is 3.03. The van der Waals surface area contributed by atoms with E-state index in [0.29, 0.717) is 6.54 Å². The predicted molar refractivity (Wildman–Crippen MR) is 75.0 cm³/mol. The molecule has 0 saturated carbocycles. The van der Waals surface area contributed by atoms with E-state index in [1.807, 2.05) is 31.2 Å². The second kappa shape index (κ2) is 6.29. The molecule has 1 heterocycles. The van der Waals surface area contributed by atoms with Crippen LogP contribution in [0.1, 0.15) is 30.0 Å². The number of methoxy groups -OCH3 is 1. The van der Waals surface area contributed by atoms with Gasteiger partial charge in [-0.05, 0) is 26.0 Å². The molecule has 0 unspecified atom stereocenters. The van der Waals surface area contributed by atoms with Gasteiger partial charge in [-0.25, -0.2) is 9.97 Å². The number of aryl methyl sites for hydroxylation is 1. The number of benzene rings is 1. The molecule has 0 saturated heterocycles. The van der Waals surface area contributed by atoms with Crippen molar-refractivity contribution in [2.24, 2.45) is 0 Å². The van der Waals surface area contributed by atoms with E-state index in [2.05, 4.69) is 28.3 Å². The Morgan fingerprint density at radius 2 is 2.05 bits per heavy atom. The highest BCUT2D eigenvalue weighted by Gasteiger charge is 2.10. The van der Waals surface area contributed by atoms with Gasteiger partial charge in [0, 0.05) is 24.3 Å². The summed E-state index contributed by atoms with van der Waals surface area (Å²) < 4.78 is 5.37. The molecular formula is C15H19N3O. The fourth-order valence-electron chi connectivity index (χ4n) is 2.00. The van der Waals surface area contributed by atoms with Crippen molar-refractivity contribution in [2.45, 2.75) is 26.4 Å². The minimum Gasteiger partial charge on any atom is -0.496 e. The van der Waals surface area contributed by atoms with Crippen LogP contribution in [0, 0.1) is 6.92 Å². The van der Waals surface area contributed by atoms with E-state index in [1.54, 1.807) is 13.3 Å². The van der Waals surface area contributed by atoms with E-state index in [0.717, 1.165) is 22.8 Å². The van der Waals surface area contributed by atoms with Gasteiger partial charge < -0.3 is 10.1 Å². The Hall–Kier alpha value is -1.94. The number of ether oxygens (including phenoxy) is 1. The number of hydrogen-bond donors (Lipinski definition) is 1. The number of para-hydroxylation sites is 1. The van der Waals surface area contributed by atoms with Gasteiger partial charge in [0.15, 0.2) is 0 Å². The molecule has 2 aromatic rings. The second-order valence-electron chi connectivity index (χ2n) is 4.44. The largest absolute Gasteiger partial charge is 0.496 e. The summed E-state index contributed by atoms with van der Waals surface area (Å²) in [6.45, 7) is 4.72. The number of rotatable bonds is 5. The Balaban J connectivity index is 2.03. The van der Waals surface area contributed by atoms with Crippen molar-refractivity contribution < 1.29 is 4.74 Å². The van der Waals surface area contributed by atoms with Gasteiger partial charge in [-0.15, -0.1) is 0 Å². The lowest BCUT2D eigenvalue weighted by molar-refractivity contribution is 0.401. The molecule has 0 fully saturated rings. The zero-order chi connectivity index (χ0) is 13.7. The molecule has 19 heavy (non-hydrogen) atoms. The Bertz CT molecular complexity index is 542. The molecular weight excluding hydrogens is 238 g/mol. The van der Waals surface area contributed by atoms with Crippen LogP contribution in [0.5, 0.6) is 5.75 Å². The fourth-order valence-corrected chi connectivity index (χ4v) is 2.00. The minimum atomic E-state index is 0.200. The van der Waals surface area contributed by atoms with Crippen molar-refractivity contribution in [2.75, 3.05) is 7.11 Å². The molecule has 0 aliphatic heterocycles. The molecule has 0 aliphatic carbocycles. The second-order valence-corrected chi connectivity index (χ2v) is 4.44. The number of hydrogen-bond acceptors (Lipinski definition) is 4. The molecule has 1 atom stereocenters. The van der Waals surface area contributed by atoms with Gasteiger partial charge in [0.1, 0.15) is 11.6 Å². The standard InChI is InChI=1S/C15H19N3O/c1-11(14-6-4-5-7-15(14)19-3)17-10-13-8-9-16-12(2)18-13/h4-9,11,17H,10H2,1-3H3/t11-/m1/s1. The fraction of sp³-hybridized carbons (Fsp3) is 0.333. The molecule has 0 aliphatic rings. The summed E-state index contributed by atoms with van der Waals surface area (Å²) in [6, 6.07) is 10.2. The molecule has 4 heteroatoms. The van der Waals surface area contributed by atoms with Crippen LogP contribution in [0.2, 0.25) is 0 Å². The number of nitrogens with zero attached hydrogens (tertiary/aromatic N) is 2. The molecule has 0 radical (unpaired) electrons. The zero-order valence-corrected chi connectivity index (χ0v) is 11.6. The molecule has 0 bridgehead atoms. The monoisotopic (exact) mass is 257 g/mol. The van der Waals surface area contributed by atoms with Crippen LogP contribution in [0.3, 0.4) is 0 Å². The Morgan fingerprint density at radius 1 is 1.26 bits per heavy atom. The maximum Gasteiger partial charge on any atom is 0.125 e. The van der Waals surface area contributed by atoms with Crippen LogP contribution in [-0.4, -0.2) is 17.1 Å². The lowest BCUT2D eigenvalue weighted by Crippen LogP contribution is -2.19. The molecule has 1 aromatic carbocycles. The summed E-state index contributed by atoms with van der Waals surface area (Å²) in [5, 5.41) is 3.45. The molecule has 4 nitrogen and oxygen atoms in total. The number of nitrogens with one attached hydrogen (secondary N) is 1. The van der Waals surface area contributed by atoms with Gasteiger partial charge in [0.2, 0.25) is 0 Å². The average Bonchev–Trinajstić information content (AvgIpc) is 2.45. The van der Waals surface area contributed by atoms with Gasteiger partial charge in [-0.2, -0.15) is 0 Å². The van der Waals surface area contributed by atoms with Crippen molar-refractivity contribution in [3.8, 4) is 5.75 Å². The zero-order valence-electron chi connectivity index (χ0n) is 11.6. The van der Waals surface area contributed by atoms with Crippen LogP contribution in [0.25, 0.3) is 0 Å². The highest BCUT2D eigenvalue weighted by Crippen LogP contribution is 2.24. The van der Waals surface area contributed by atoms with E-state index < -0.39 is 0 Å². The maximum atomic E-state index is 5.37. The van der Waals surface area contributed by atoms with Gasteiger partial charge in [-0.1, -0.05) is 18.2 Å². The van der Waals surface area contributed by atoms with Crippen molar-refractivity contribution >= 4 is 0 Å². The normalized spacial score (nSPS) is 12.2. The first-order valence-electron chi connectivity index (χ1n) is 6.35. The first-order valence-corrected chi connectivity index (χ1v) is 6.35. The van der Waals surface area contributed by atoms with Crippen LogP contribution in [0.4, 0.5) is 0 Å². The highest BCUT2D eigenvalue weighted by molar-refractivity contribution is 5.35.